The summed E-state index contributed by atoms with van der Waals surface area (Å²) in [7, 11) is 0. The van der Waals surface area contributed by atoms with Gasteiger partial charge < -0.3 is 11.1 Å². The molecule has 2 aromatic rings. The molecule has 1 heterocycles. The van der Waals surface area contributed by atoms with Crippen LogP contribution in [0.4, 0.5) is 25.1 Å². The van der Waals surface area contributed by atoms with E-state index in [1.54, 1.807) is 0 Å². The summed E-state index contributed by atoms with van der Waals surface area (Å²) in [5.41, 5.74) is 3.63. The zero-order valence-electron chi connectivity index (χ0n) is 10.4. The Bertz CT molecular complexity index is 694. The molecule has 0 radical (unpaired) electrons. The van der Waals surface area contributed by atoms with Gasteiger partial charge in [0.15, 0.2) is 5.82 Å². The molecule has 2 rings (SSSR count). The molecule has 0 aliphatic carbocycles. The van der Waals surface area contributed by atoms with Crippen LogP contribution in [0.1, 0.15) is 10.4 Å². The molecule has 0 atom stereocenters. The van der Waals surface area contributed by atoms with Crippen LogP contribution in [0.2, 0.25) is 0 Å². The van der Waals surface area contributed by atoms with Gasteiger partial charge in [0.1, 0.15) is 23.6 Å². The Hall–Kier alpha value is -3.10. The second-order valence-corrected chi connectivity index (χ2v) is 3.82. The smallest absolute Gasteiger partial charge is 0.325 e. The lowest BCUT2D eigenvalue weighted by Crippen LogP contribution is -2.23. The van der Waals surface area contributed by atoms with Crippen molar-refractivity contribution in [2.45, 2.75) is 0 Å². The number of amides is 3. The van der Waals surface area contributed by atoms with Gasteiger partial charge in [-0.2, -0.15) is 0 Å². The number of nitrogens with one attached hydrogen (secondary N) is 2. The highest BCUT2D eigenvalue weighted by Gasteiger charge is 2.18. The third-order valence-corrected chi connectivity index (χ3v) is 2.42. The highest BCUT2D eigenvalue weighted by Crippen LogP contribution is 2.22. The number of aromatic nitrogens is 2. The van der Waals surface area contributed by atoms with E-state index in [2.05, 4.69) is 15.3 Å². The van der Waals surface area contributed by atoms with Crippen molar-refractivity contribution in [1.82, 2.24) is 9.97 Å². The van der Waals surface area contributed by atoms with Crippen molar-refractivity contribution in [3.63, 3.8) is 0 Å². The monoisotopic (exact) mass is 293 g/mol. The van der Waals surface area contributed by atoms with E-state index in [0.29, 0.717) is 0 Å². The van der Waals surface area contributed by atoms with Gasteiger partial charge in [-0.1, -0.05) is 0 Å². The van der Waals surface area contributed by atoms with E-state index in [0.717, 1.165) is 12.1 Å². The van der Waals surface area contributed by atoms with E-state index in [9.17, 15) is 18.4 Å². The number of anilines is 2. The summed E-state index contributed by atoms with van der Waals surface area (Å²) in [6.45, 7) is 0. The normalized spacial score (nSPS) is 10.0. The largest absolute Gasteiger partial charge is 0.366 e. The number of urea groups is 1. The lowest BCUT2D eigenvalue weighted by Gasteiger charge is -2.10. The highest BCUT2D eigenvalue weighted by molar-refractivity contribution is 6.01. The predicted molar refractivity (Wildman–Crippen MR) is 69.5 cm³/mol. The summed E-state index contributed by atoms with van der Waals surface area (Å²) >= 11 is 0. The Morgan fingerprint density at radius 2 is 1.90 bits per heavy atom. The number of hydrogen-bond donors (Lipinski definition) is 3. The standard InChI is InChI=1S/C12H9F2N5O2/c13-7-2-1-6(11(15)20)9(14)10(7)19-12(21)18-8-3-4-16-5-17-8/h1-5H,(H2,15,20)(H2,16,17,18,19,21). The van der Waals surface area contributed by atoms with Crippen LogP contribution < -0.4 is 16.4 Å². The van der Waals surface area contributed by atoms with Crippen molar-refractivity contribution < 1.29 is 18.4 Å². The Balaban J connectivity index is 2.21. The molecule has 0 bridgehead atoms. The fraction of sp³-hybridized carbons (Fsp3) is 0. The number of benzene rings is 1. The summed E-state index contributed by atoms with van der Waals surface area (Å²) in [6, 6.07) is 2.16. The van der Waals surface area contributed by atoms with E-state index in [1.165, 1.54) is 18.6 Å². The first-order chi connectivity index (χ1) is 9.99. The maximum atomic E-state index is 13.9. The molecule has 0 saturated carbocycles. The minimum Gasteiger partial charge on any atom is -0.366 e. The number of hydrogen-bond acceptors (Lipinski definition) is 4. The topological polar surface area (TPSA) is 110 Å². The van der Waals surface area contributed by atoms with Crippen LogP contribution in [0.3, 0.4) is 0 Å². The molecule has 4 N–H and O–H groups in total. The van der Waals surface area contributed by atoms with Crippen LogP contribution in [-0.2, 0) is 0 Å². The van der Waals surface area contributed by atoms with Gasteiger partial charge in [-0.05, 0) is 18.2 Å². The third kappa shape index (κ3) is 3.26. The summed E-state index contributed by atoms with van der Waals surface area (Å²) in [6.07, 6.45) is 2.56. The van der Waals surface area contributed by atoms with Gasteiger partial charge in [-0.3, -0.25) is 10.1 Å². The van der Waals surface area contributed by atoms with Crippen LogP contribution in [0.15, 0.2) is 30.7 Å². The van der Waals surface area contributed by atoms with Crippen LogP contribution in [0.25, 0.3) is 0 Å². The third-order valence-electron chi connectivity index (χ3n) is 2.42. The first-order valence-electron chi connectivity index (χ1n) is 5.61. The van der Waals surface area contributed by atoms with Crippen molar-refractivity contribution in [1.29, 1.82) is 0 Å². The maximum absolute atomic E-state index is 13.9. The van der Waals surface area contributed by atoms with Gasteiger partial charge in [0, 0.05) is 6.20 Å². The summed E-state index contributed by atoms with van der Waals surface area (Å²) in [5.74, 6) is -3.24. The number of halogens is 2. The molecular weight excluding hydrogens is 284 g/mol. The van der Waals surface area contributed by atoms with Crippen molar-refractivity contribution >= 4 is 23.4 Å². The van der Waals surface area contributed by atoms with Crippen molar-refractivity contribution in [2.24, 2.45) is 5.73 Å². The number of carbonyl (C=O) groups excluding carboxylic acids is 2. The molecule has 0 fully saturated rings. The number of nitrogens with zero attached hydrogens (tertiary/aromatic N) is 2. The van der Waals surface area contributed by atoms with Crippen LogP contribution >= 0.6 is 0 Å². The van der Waals surface area contributed by atoms with Crippen molar-refractivity contribution in [3.05, 3.63) is 47.9 Å². The number of primary amides is 1. The van der Waals surface area contributed by atoms with Gasteiger partial charge in [0.05, 0.1) is 5.56 Å². The summed E-state index contributed by atoms with van der Waals surface area (Å²) in [4.78, 5) is 30.0. The van der Waals surface area contributed by atoms with E-state index in [1.807, 2.05) is 5.32 Å². The maximum Gasteiger partial charge on any atom is 0.325 e. The Morgan fingerprint density at radius 3 is 2.52 bits per heavy atom. The average molecular weight is 293 g/mol. The van der Waals surface area contributed by atoms with Gasteiger partial charge in [0.25, 0.3) is 5.91 Å². The van der Waals surface area contributed by atoms with Crippen molar-refractivity contribution in [3.8, 4) is 0 Å². The molecule has 1 aromatic heterocycles. The Morgan fingerprint density at radius 1 is 1.14 bits per heavy atom. The second kappa shape index (κ2) is 5.90. The summed E-state index contributed by atoms with van der Waals surface area (Å²) < 4.78 is 27.4. The molecule has 0 aliphatic heterocycles. The number of carbonyl (C=O) groups is 2. The molecule has 0 aliphatic rings. The quantitative estimate of drug-likeness (QED) is 0.796. The van der Waals surface area contributed by atoms with Gasteiger partial charge in [0.2, 0.25) is 0 Å². The van der Waals surface area contributed by atoms with E-state index < -0.39 is 34.8 Å². The minimum absolute atomic E-state index is 0.134. The van der Waals surface area contributed by atoms with Crippen molar-refractivity contribution in [2.75, 3.05) is 10.6 Å². The van der Waals surface area contributed by atoms with Crippen LogP contribution in [-0.4, -0.2) is 21.9 Å². The minimum atomic E-state index is -1.25. The molecule has 1 aromatic carbocycles. The molecule has 3 amide bonds. The van der Waals surface area contributed by atoms with E-state index >= 15 is 0 Å². The lowest BCUT2D eigenvalue weighted by atomic mass is 10.1. The zero-order chi connectivity index (χ0) is 15.4. The van der Waals surface area contributed by atoms with Crippen LogP contribution in [0.5, 0.6) is 0 Å². The fourth-order valence-electron chi connectivity index (χ4n) is 1.48. The average Bonchev–Trinajstić information content (AvgIpc) is 2.44. The highest BCUT2D eigenvalue weighted by atomic mass is 19.1. The molecule has 108 valence electrons. The molecule has 0 unspecified atom stereocenters. The summed E-state index contributed by atoms with van der Waals surface area (Å²) in [5, 5.41) is 4.20. The molecule has 0 saturated heterocycles. The van der Waals surface area contributed by atoms with Crippen LogP contribution in [0, 0.1) is 11.6 Å². The first kappa shape index (κ1) is 14.3. The SMILES string of the molecule is NC(=O)c1ccc(F)c(NC(=O)Nc2ccncn2)c1F. The lowest BCUT2D eigenvalue weighted by molar-refractivity contribution is 0.0996. The molecule has 7 nitrogen and oxygen atoms in total. The molecule has 9 heteroatoms. The molecule has 21 heavy (non-hydrogen) atoms. The number of rotatable bonds is 3. The Labute approximate surface area is 117 Å². The number of nitrogens with two attached hydrogens (primary N) is 1. The molecular formula is C12H9F2N5O2. The van der Waals surface area contributed by atoms with Gasteiger partial charge >= 0.3 is 6.03 Å². The first-order valence-corrected chi connectivity index (χ1v) is 5.61. The Kier molecular flexibility index (Phi) is 4.02. The fourth-order valence-corrected chi connectivity index (χ4v) is 1.48. The predicted octanol–water partition coefficient (Wildman–Crippen LogP) is 1.50. The van der Waals surface area contributed by atoms with E-state index in [4.69, 9.17) is 5.73 Å². The zero-order valence-corrected chi connectivity index (χ0v) is 10.4. The second-order valence-electron chi connectivity index (χ2n) is 3.82. The molecule has 0 spiro atoms. The van der Waals surface area contributed by atoms with Gasteiger partial charge in [-0.25, -0.2) is 23.5 Å². The van der Waals surface area contributed by atoms with E-state index in [-0.39, 0.29) is 5.82 Å². The van der Waals surface area contributed by atoms with Gasteiger partial charge in [-0.15, -0.1) is 0 Å².